The minimum Gasteiger partial charge on any atom is -0.490 e. The zero-order valence-electron chi connectivity index (χ0n) is 15.3. The number of nitrogens with zero attached hydrogens (tertiary/aromatic N) is 3. The van der Waals surface area contributed by atoms with Crippen molar-refractivity contribution in [1.82, 2.24) is 14.8 Å². The number of aromatic nitrogens is 1. The van der Waals surface area contributed by atoms with E-state index in [1.807, 2.05) is 12.1 Å². The molecular weight excluding hydrogens is 334 g/mol. The van der Waals surface area contributed by atoms with Crippen molar-refractivity contribution in [2.75, 3.05) is 26.2 Å². The Balaban J connectivity index is 1.50. The molecule has 0 bridgehead atoms. The Bertz CT molecular complexity index is 602. The topological polar surface area (TPSA) is 72.0 Å². The first kappa shape index (κ1) is 18.5. The second-order valence-electron chi connectivity index (χ2n) is 6.93. The van der Waals surface area contributed by atoms with E-state index >= 15 is 0 Å². The van der Waals surface area contributed by atoms with E-state index < -0.39 is 0 Å². The van der Waals surface area contributed by atoms with Gasteiger partial charge >= 0.3 is 6.09 Å². The molecule has 2 fully saturated rings. The van der Waals surface area contributed by atoms with Crippen molar-refractivity contribution in [3.8, 4) is 5.75 Å². The summed E-state index contributed by atoms with van der Waals surface area (Å²) in [4.78, 5) is 31.7. The average Bonchev–Trinajstić information content (AvgIpc) is 2.68. The number of piperidine rings is 2. The van der Waals surface area contributed by atoms with Crippen LogP contribution in [0.3, 0.4) is 0 Å². The van der Waals surface area contributed by atoms with Gasteiger partial charge < -0.3 is 19.3 Å². The Morgan fingerprint density at radius 2 is 2.00 bits per heavy atom. The second kappa shape index (κ2) is 8.87. The summed E-state index contributed by atoms with van der Waals surface area (Å²) in [5.74, 6) is 0.793. The lowest BCUT2D eigenvalue weighted by atomic mass is 10.0. The Kier molecular flexibility index (Phi) is 6.30. The van der Waals surface area contributed by atoms with Crippen LogP contribution in [0.5, 0.6) is 5.75 Å². The Hall–Kier alpha value is -2.31. The lowest BCUT2D eigenvalue weighted by Crippen LogP contribution is -2.49. The van der Waals surface area contributed by atoms with Gasteiger partial charge in [0.25, 0.3) is 0 Å². The minimum atomic E-state index is -0.259. The van der Waals surface area contributed by atoms with Crippen LogP contribution in [0.15, 0.2) is 24.5 Å². The molecule has 0 saturated carbocycles. The van der Waals surface area contributed by atoms with E-state index in [0.29, 0.717) is 44.8 Å². The molecule has 2 amide bonds. The van der Waals surface area contributed by atoms with Crippen LogP contribution in [0.1, 0.15) is 39.0 Å². The third-order valence-corrected chi connectivity index (χ3v) is 5.09. The van der Waals surface area contributed by atoms with Gasteiger partial charge in [-0.25, -0.2) is 4.79 Å². The van der Waals surface area contributed by atoms with Crippen molar-refractivity contribution in [3.05, 3.63) is 24.5 Å². The molecule has 142 valence electrons. The van der Waals surface area contributed by atoms with E-state index in [2.05, 4.69) is 4.98 Å². The summed E-state index contributed by atoms with van der Waals surface area (Å²) in [5, 5.41) is 0. The van der Waals surface area contributed by atoms with Crippen LogP contribution in [-0.2, 0) is 9.53 Å². The molecule has 2 aliphatic heterocycles. The molecule has 3 rings (SSSR count). The second-order valence-corrected chi connectivity index (χ2v) is 6.93. The molecule has 0 aromatic carbocycles. The van der Waals surface area contributed by atoms with Gasteiger partial charge in [-0.05, 0) is 31.4 Å². The third-order valence-electron chi connectivity index (χ3n) is 5.09. The molecule has 0 spiro atoms. The molecule has 3 heterocycles. The Labute approximate surface area is 154 Å². The number of hydrogen-bond donors (Lipinski definition) is 0. The molecule has 0 N–H and O–H groups in total. The highest BCUT2D eigenvalue weighted by Gasteiger charge is 2.31. The van der Waals surface area contributed by atoms with Crippen LogP contribution in [0.4, 0.5) is 4.79 Å². The van der Waals surface area contributed by atoms with Crippen LogP contribution in [0.2, 0.25) is 0 Å². The normalized spacial score (nSPS) is 21.3. The van der Waals surface area contributed by atoms with Crippen molar-refractivity contribution < 1.29 is 19.1 Å². The predicted molar refractivity (Wildman–Crippen MR) is 95.8 cm³/mol. The summed E-state index contributed by atoms with van der Waals surface area (Å²) in [7, 11) is 0. The highest BCUT2D eigenvalue weighted by Crippen LogP contribution is 2.22. The monoisotopic (exact) mass is 361 g/mol. The first-order valence-corrected chi connectivity index (χ1v) is 9.39. The molecule has 2 saturated heterocycles. The number of hydrogen-bond acceptors (Lipinski definition) is 5. The van der Waals surface area contributed by atoms with Gasteiger partial charge in [-0.2, -0.15) is 0 Å². The van der Waals surface area contributed by atoms with Gasteiger partial charge in [-0.1, -0.05) is 0 Å². The molecule has 2 aliphatic rings. The number of pyridine rings is 1. The van der Waals surface area contributed by atoms with E-state index in [1.54, 1.807) is 29.1 Å². The van der Waals surface area contributed by atoms with Crippen LogP contribution >= 0.6 is 0 Å². The molecule has 1 atom stereocenters. The largest absolute Gasteiger partial charge is 0.490 e. The van der Waals surface area contributed by atoms with Crippen molar-refractivity contribution in [3.63, 3.8) is 0 Å². The molecule has 0 aliphatic carbocycles. The van der Waals surface area contributed by atoms with Gasteiger partial charge in [0, 0.05) is 45.6 Å². The fourth-order valence-electron chi connectivity index (χ4n) is 3.54. The lowest BCUT2D eigenvalue weighted by Gasteiger charge is -2.37. The van der Waals surface area contributed by atoms with Crippen LogP contribution in [-0.4, -0.2) is 65.2 Å². The molecule has 1 aromatic heterocycles. The van der Waals surface area contributed by atoms with Crippen LogP contribution < -0.4 is 4.74 Å². The predicted octanol–water partition coefficient (Wildman–Crippen LogP) is 2.46. The average molecular weight is 361 g/mol. The van der Waals surface area contributed by atoms with E-state index in [9.17, 15) is 9.59 Å². The SMILES string of the molecule is CC(=O)N1CCC(OC(=O)N2CCCCC2COc2cccnc2)CC1. The first-order chi connectivity index (χ1) is 12.6. The molecule has 1 aromatic rings. The zero-order chi connectivity index (χ0) is 18.4. The van der Waals surface area contributed by atoms with Gasteiger partial charge in [-0.3, -0.25) is 9.78 Å². The van der Waals surface area contributed by atoms with E-state index in [-0.39, 0.29) is 24.1 Å². The molecule has 7 nitrogen and oxygen atoms in total. The maximum Gasteiger partial charge on any atom is 0.410 e. The summed E-state index contributed by atoms with van der Waals surface area (Å²) in [6.07, 6.45) is 7.40. The highest BCUT2D eigenvalue weighted by molar-refractivity contribution is 5.73. The van der Waals surface area contributed by atoms with Crippen molar-refractivity contribution in [2.24, 2.45) is 0 Å². The number of carbonyl (C=O) groups excluding carboxylic acids is 2. The molecule has 1 unspecified atom stereocenters. The van der Waals surface area contributed by atoms with E-state index in [0.717, 1.165) is 19.3 Å². The maximum absolute atomic E-state index is 12.7. The Morgan fingerprint density at radius 1 is 1.19 bits per heavy atom. The van der Waals surface area contributed by atoms with Gasteiger partial charge in [-0.15, -0.1) is 0 Å². The van der Waals surface area contributed by atoms with Crippen LogP contribution in [0.25, 0.3) is 0 Å². The molecule has 7 heteroatoms. The highest BCUT2D eigenvalue weighted by atomic mass is 16.6. The molecular formula is C19H27N3O4. The van der Waals surface area contributed by atoms with Crippen molar-refractivity contribution in [1.29, 1.82) is 0 Å². The van der Waals surface area contributed by atoms with Gasteiger partial charge in [0.05, 0.1) is 12.2 Å². The zero-order valence-corrected chi connectivity index (χ0v) is 15.3. The summed E-state index contributed by atoms with van der Waals surface area (Å²) in [6, 6.07) is 3.71. The van der Waals surface area contributed by atoms with E-state index in [4.69, 9.17) is 9.47 Å². The number of rotatable bonds is 4. The fourth-order valence-corrected chi connectivity index (χ4v) is 3.54. The fraction of sp³-hybridized carbons (Fsp3) is 0.632. The van der Waals surface area contributed by atoms with Gasteiger partial charge in [0.15, 0.2) is 0 Å². The standard InChI is InChI=1S/C19H27N3O4/c1-15(23)21-11-7-17(8-12-21)26-19(24)22-10-3-2-5-16(22)14-25-18-6-4-9-20-13-18/h4,6,9,13,16-17H,2-3,5,7-8,10-12,14H2,1H3. The summed E-state index contributed by atoms with van der Waals surface area (Å²) in [6.45, 7) is 4.03. The minimum absolute atomic E-state index is 0.0220. The number of amides is 2. The number of carbonyl (C=O) groups is 2. The van der Waals surface area contributed by atoms with Crippen molar-refractivity contribution >= 4 is 12.0 Å². The van der Waals surface area contributed by atoms with E-state index in [1.165, 1.54) is 0 Å². The quantitative estimate of drug-likeness (QED) is 0.824. The lowest BCUT2D eigenvalue weighted by molar-refractivity contribution is -0.130. The molecule has 0 radical (unpaired) electrons. The third kappa shape index (κ3) is 4.86. The summed E-state index contributed by atoms with van der Waals surface area (Å²) in [5.41, 5.74) is 0. The number of ether oxygens (including phenoxy) is 2. The molecule has 26 heavy (non-hydrogen) atoms. The maximum atomic E-state index is 12.7. The van der Waals surface area contributed by atoms with Gasteiger partial charge in [0.2, 0.25) is 5.91 Å². The summed E-state index contributed by atoms with van der Waals surface area (Å²) < 4.78 is 11.5. The smallest absolute Gasteiger partial charge is 0.410 e. The first-order valence-electron chi connectivity index (χ1n) is 9.39. The van der Waals surface area contributed by atoms with Crippen LogP contribution in [0, 0.1) is 0 Å². The van der Waals surface area contributed by atoms with Gasteiger partial charge in [0.1, 0.15) is 18.5 Å². The number of likely N-dealkylation sites (tertiary alicyclic amines) is 2. The Morgan fingerprint density at radius 3 is 2.69 bits per heavy atom. The summed E-state index contributed by atoms with van der Waals surface area (Å²) >= 11 is 0. The van der Waals surface area contributed by atoms with Crippen molar-refractivity contribution in [2.45, 2.75) is 51.2 Å².